The fourth-order valence-electron chi connectivity index (χ4n) is 2.70. The minimum atomic E-state index is -0.489. The van der Waals surface area contributed by atoms with E-state index in [4.69, 9.17) is 16.3 Å². The summed E-state index contributed by atoms with van der Waals surface area (Å²) in [5.41, 5.74) is 0.115. The molecule has 0 unspecified atom stereocenters. The zero-order valence-electron chi connectivity index (χ0n) is 14.8. The Balaban J connectivity index is 1.80. The van der Waals surface area contributed by atoms with Crippen LogP contribution in [0.4, 0.5) is 10.5 Å². The summed E-state index contributed by atoms with van der Waals surface area (Å²) >= 11 is 9.46. The first-order valence-electron chi connectivity index (χ1n) is 8.37. The molecule has 0 saturated carbocycles. The van der Waals surface area contributed by atoms with Gasteiger partial charge < -0.3 is 15.0 Å². The average Bonchev–Trinajstić information content (AvgIpc) is 2.50. The summed E-state index contributed by atoms with van der Waals surface area (Å²) in [5, 5.41) is 3.37. The summed E-state index contributed by atoms with van der Waals surface area (Å²) < 4.78 is 6.24. The lowest BCUT2D eigenvalue weighted by atomic mass is 9.93. The largest absolute Gasteiger partial charge is 0.444 e. The van der Waals surface area contributed by atoms with Crippen molar-refractivity contribution in [3.63, 3.8) is 0 Å². The molecular formula is C18H24BrClN2O3. The number of piperidine rings is 1. The third-order valence-corrected chi connectivity index (χ3v) is 4.77. The molecule has 0 aliphatic carbocycles. The number of benzene rings is 1. The molecule has 1 heterocycles. The Morgan fingerprint density at radius 2 is 1.96 bits per heavy atom. The SMILES string of the molecule is CC(C)(C)OC(=O)N1CCC(CC(=O)Nc2cc(Br)ccc2Cl)CC1. The predicted octanol–water partition coefficient (Wildman–Crippen LogP) is 5.08. The van der Waals surface area contributed by atoms with Gasteiger partial charge in [-0.2, -0.15) is 0 Å². The maximum absolute atomic E-state index is 12.3. The van der Waals surface area contributed by atoms with Gasteiger partial charge in [0.1, 0.15) is 5.60 Å². The molecule has 0 radical (unpaired) electrons. The van der Waals surface area contributed by atoms with Gasteiger partial charge in [0, 0.05) is 24.0 Å². The Kier molecular flexibility index (Phi) is 6.74. The molecule has 0 bridgehead atoms. The van der Waals surface area contributed by atoms with Gasteiger partial charge in [0.2, 0.25) is 5.91 Å². The summed E-state index contributed by atoms with van der Waals surface area (Å²) in [4.78, 5) is 26.0. The molecule has 1 aromatic rings. The normalized spacial score (nSPS) is 15.8. The van der Waals surface area contributed by atoms with Crippen LogP contribution in [0.1, 0.15) is 40.0 Å². The van der Waals surface area contributed by atoms with Gasteiger partial charge in [-0.15, -0.1) is 0 Å². The van der Waals surface area contributed by atoms with E-state index in [-0.39, 0.29) is 17.9 Å². The predicted molar refractivity (Wildman–Crippen MR) is 103 cm³/mol. The summed E-state index contributed by atoms with van der Waals surface area (Å²) in [5.74, 6) is 0.195. The van der Waals surface area contributed by atoms with E-state index in [0.29, 0.717) is 30.2 Å². The molecule has 5 nitrogen and oxygen atoms in total. The minimum absolute atomic E-state index is 0.0595. The molecule has 138 valence electrons. The molecular weight excluding hydrogens is 408 g/mol. The second-order valence-corrected chi connectivity index (χ2v) is 8.61. The van der Waals surface area contributed by atoms with Crippen LogP contribution >= 0.6 is 27.5 Å². The van der Waals surface area contributed by atoms with Gasteiger partial charge >= 0.3 is 6.09 Å². The van der Waals surface area contributed by atoms with Gasteiger partial charge in [-0.25, -0.2) is 4.79 Å². The number of carbonyl (C=O) groups excluding carboxylic acids is 2. The standard InChI is InChI=1S/C18H24BrClN2O3/c1-18(2,3)25-17(24)22-8-6-12(7-9-22)10-16(23)21-15-11-13(19)4-5-14(15)20/h4-5,11-12H,6-10H2,1-3H3,(H,21,23). The van der Waals surface area contributed by atoms with E-state index in [1.54, 1.807) is 17.0 Å². The van der Waals surface area contributed by atoms with Gasteiger partial charge in [-0.1, -0.05) is 27.5 Å². The molecule has 0 aromatic heterocycles. The molecule has 0 spiro atoms. The Labute approximate surface area is 162 Å². The van der Waals surface area contributed by atoms with Crippen LogP contribution in [0.15, 0.2) is 22.7 Å². The number of hydrogen-bond donors (Lipinski definition) is 1. The first-order chi connectivity index (χ1) is 11.6. The number of nitrogens with zero attached hydrogens (tertiary/aromatic N) is 1. The highest BCUT2D eigenvalue weighted by atomic mass is 79.9. The van der Waals surface area contributed by atoms with Crippen molar-refractivity contribution in [3.05, 3.63) is 27.7 Å². The van der Waals surface area contributed by atoms with E-state index in [1.165, 1.54) is 0 Å². The van der Waals surface area contributed by atoms with Gasteiger partial charge in [0.05, 0.1) is 10.7 Å². The third kappa shape index (κ3) is 6.51. The second-order valence-electron chi connectivity index (χ2n) is 7.29. The maximum Gasteiger partial charge on any atom is 0.410 e. The van der Waals surface area contributed by atoms with E-state index in [9.17, 15) is 9.59 Å². The Morgan fingerprint density at radius 1 is 1.32 bits per heavy atom. The van der Waals surface area contributed by atoms with Crippen LogP contribution in [0.5, 0.6) is 0 Å². The van der Waals surface area contributed by atoms with Crippen molar-refractivity contribution in [3.8, 4) is 0 Å². The number of rotatable bonds is 3. The zero-order valence-corrected chi connectivity index (χ0v) is 17.1. The van der Waals surface area contributed by atoms with Gasteiger partial charge in [0.25, 0.3) is 0 Å². The van der Waals surface area contributed by atoms with Crippen molar-refractivity contribution in [2.24, 2.45) is 5.92 Å². The zero-order chi connectivity index (χ0) is 18.6. The highest BCUT2D eigenvalue weighted by Gasteiger charge is 2.27. The summed E-state index contributed by atoms with van der Waals surface area (Å²) in [7, 11) is 0. The van der Waals surface area contributed by atoms with E-state index in [2.05, 4.69) is 21.2 Å². The smallest absolute Gasteiger partial charge is 0.410 e. The Morgan fingerprint density at radius 3 is 2.56 bits per heavy atom. The monoisotopic (exact) mass is 430 g/mol. The van der Waals surface area contributed by atoms with E-state index in [1.807, 2.05) is 26.8 Å². The summed E-state index contributed by atoms with van der Waals surface area (Å²) in [6.45, 7) is 6.80. The van der Waals surface area contributed by atoms with Crippen LogP contribution in [0, 0.1) is 5.92 Å². The van der Waals surface area contributed by atoms with Crippen molar-refractivity contribution >= 4 is 45.2 Å². The fraction of sp³-hybridized carbons (Fsp3) is 0.556. The quantitative estimate of drug-likeness (QED) is 0.726. The molecule has 1 aromatic carbocycles. The molecule has 2 amide bonds. The molecule has 0 atom stereocenters. The number of carbonyl (C=O) groups is 2. The van der Waals surface area contributed by atoms with Gasteiger partial charge in [-0.3, -0.25) is 4.79 Å². The van der Waals surface area contributed by atoms with Crippen LogP contribution in [0.2, 0.25) is 5.02 Å². The Bertz CT molecular complexity index is 638. The van der Waals surface area contributed by atoms with Crippen LogP contribution in [-0.4, -0.2) is 35.6 Å². The molecule has 7 heteroatoms. The lowest BCUT2D eigenvalue weighted by Gasteiger charge is -2.33. The number of hydrogen-bond acceptors (Lipinski definition) is 3. The molecule has 1 aliphatic rings. The number of halogens is 2. The van der Waals surface area contributed by atoms with Crippen LogP contribution in [0.25, 0.3) is 0 Å². The summed E-state index contributed by atoms with van der Waals surface area (Å²) in [6, 6.07) is 5.34. The Hall–Kier alpha value is -1.27. The molecule has 1 fully saturated rings. The molecule has 1 aliphatic heterocycles. The minimum Gasteiger partial charge on any atom is -0.444 e. The third-order valence-electron chi connectivity index (χ3n) is 3.94. The van der Waals surface area contributed by atoms with Crippen molar-refractivity contribution in [2.75, 3.05) is 18.4 Å². The molecule has 25 heavy (non-hydrogen) atoms. The first kappa shape index (κ1) is 20.0. The maximum atomic E-state index is 12.3. The van der Waals surface area contributed by atoms with Crippen molar-refractivity contribution < 1.29 is 14.3 Å². The first-order valence-corrected chi connectivity index (χ1v) is 9.54. The van der Waals surface area contributed by atoms with Crippen molar-refractivity contribution in [1.82, 2.24) is 4.90 Å². The van der Waals surface area contributed by atoms with E-state index >= 15 is 0 Å². The van der Waals surface area contributed by atoms with Gasteiger partial charge in [-0.05, 0) is 57.7 Å². The lowest BCUT2D eigenvalue weighted by molar-refractivity contribution is -0.117. The highest BCUT2D eigenvalue weighted by Crippen LogP contribution is 2.27. The van der Waals surface area contributed by atoms with Crippen molar-refractivity contribution in [1.29, 1.82) is 0 Å². The van der Waals surface area contributed by atoms with E-state index in [0.717, 1.165) is 17.3 Å². The van der Waals surface area contributed by atoms with E-state index < -0.39 is 5.60 Å². The molecule has 1 N–H and O–H groups in total. The fourth-order valence-corrected chi connectivity index (χ4v) is 3.23. The van der Waals surface area contributed by atoms with Crippen molar-refractivity contribution in [2.45, 2.75) is 45.6 Å². The second kappa shape index (κ2) is 8.41. The highest BCUT2D eigenvalue weighted by molar-refractivity contribution is 9.10. The molecule has 1 saturated heterocycles. The summed E-state index contributed by atoms with van der Waals surface area (Å²) in [6.07, 6.45) is 1.72. The number of amides is 2. The van der Waals surface area contributed by atoms with Gasteiger partial charge in [0.15, 0.2) is 0 Å². The topological polar surface area (TPSA) is 58.6 Å². The van der Waals surface area contributed by atoms with Crippen LogP contribution in [0.3, 0.4) is 0 Å². The van der Waals surface area contributed by atoms with Crippen LogP contribution < -0.4 is 5.32 Å². The van der Waals surface area contributed by atoms with Crippen LogP contribution in [-0.2, 0) is 9.53 Å². The number of anilines is 1. The lowest BCUT2D eigenvalue weighted by Crippen LogP contribution is -2.42. The average molecular weight is 432 g/mol. The molecule has 2 rings (SSSR count). The number of nitrogens with one attached hydrogen (secondary N) is 1. The number of likely N-dealkylation sites (tertiary alicyclic amines) is 1. The number of ether oxygens (including phenoxy) is 1.